The summed E-state index contributed by atoms with van der Waals surface area (Å²) in [6, 6.07) is 7.30. The Balaban J connectivity index is 2.20. The molecule has 1 aromatic carbocycles. The third-order valence-corrected chi connectivity index (χ3v) is 5.12. The van der Waals surface area contributed by atoms with E-state index in [1.807, 2.05) is 13.8 Å². The van der Waals surface area contributed by atoms with E-state index >= 15 is 0 Å². The van der Waals surface area contributed by atoms with Crippen LogP contribution in [-0.2, 0) is 14.8 Å². The highest BCUT2D eigenvalue weighted by atomic mass is 35.5. The number of carbonyl (C=O) groups is 1. The fourth-order valence-electron chi connectivity index (χ4n) is 2.03. The quantitative estimate of drug-likeness (QED) is 0.807. The first-order valence-electron chi connectivity index (χ1n) is 7.25. The normalized spacial score (nSPS) is 11.9. The number of amides is 1. The molecule has 0 spiro atoms. The van der Waals surface area contributed by atoms with Crippen molar-refractivity contribution in [3.63, 3.8) is 0 Å². The molecule has 2 aromatic rings. The second kappa shape index (κ2) is 7.78. The van der Waals surface area contributed by atoms with Crippen LogP contribution in [0.25, 0.3) is 0 Å². The monoisotopic (exact) mass is 371 g/mol. The van der Waals surface area contributed by atoms with Crippen LogP contribution in [0.1, 0.15) is 13.8 Å². The van der Waals surface area contributed by atoms with Crippen molar-refractivity contribution in [3.8, 4) is 0 Å². The summed E-state index contributed by atoms with van der Waals surface area (Å²) in [6.07, 6.45) is 1.31. The van der Waals surface area contributed by atoms with Gasteiger partial charge in [-0.3, -0.25) is 4.79 Å². The molecule has 7 nitrogen and oxygen atoms in total. The molecule has 1 amide bonds. The lowest BCUT2D eigenvalue weighted by Gasteiger charge is -2.23. The standard InChI is InChI=1S/C15H18ClN3O4S/c1-11(2)9-19(10-15(20)17-14-7-8-23-18-14)24(21,22)13-5-3-12(16)4-6-13/h3-8,11H,9-10H2,1-2H3,(H,17,18,20). The van der Waals surface area contributed by atoms with E-state index in [1.54, 1.807) is 0 Å². The highest BCUT2D eigenvalue weighted by molar-refractivity contribution is 7.89. The zero-order valence-corrected chi connectivity index (χ0v) is 14.8. The first-order chi connectivity index (χ1) is 11.3. The van der Waals surface area contributed by atoms with E-state index in [0.29, 0.717) is 5.02 Å². The van der Waals surface area contributed by atoms with E-state index in [0.717, 1.165) is 4.31 Å². The number of anilines is 1. The average Bonchev–Trinajstić information content (AvgIpc) is 2.99. The number of nitrogens with one attached hydrogen (secondary N) is 1. The van der Waals surface area contributed by atoms with Gasteiger partial charge in [0.1, 0.15) is 6.26 Å². The molecule has 1 N–H and O–H groups in total. The Morgan fingerprint density at radius 1 is 1.29 bits per heavy atom. The molecule has 130 valence electrons. The highest BCUT2D eigenvalue weighted by Gasteiger charge is 2.27. The van der Waals surface area contributed by atoms with Crippen LogP contribution in [0.2, 0.25) is 5.02 Å². The van der Waals surface area contributed by atoms with Gasteiger partial charge in [-0.05, 0) is 30.2 Å². The van der Waals surface area contributed by atoms with Crippen molar-refractivity contribution in [2.75, 3.05) is 18.4 Å². The predicted molar refractivity (Wildman–Crippen MR) is 90.2 cm³/mol. The van der Waals surface area contributed by atoms with Crippen molar-refractivity contribution in [3.05, 3.63) is 41.6 Å². The Labute approximate surface area is 145 Å². The molecule has 24 heavy (non-hydrogen) atoms. The third-order valence-electron chi connectivity index (χ3n) is 3.05. The van der Waals surface area contributed by atoms with Gasteiger partial charge in [-0.25, -0.2) is 8.42 Å². The van der Waals surface area contributed by atoms with Gasteiger partial charge in [0.05, 0.1) is 11.4 Å². The third kappa shape index (κ3) is 4.80. The van der Waals surface area contributed by atoms with E-state index < -0.39 is 15.9 Å². The van der Waals surface area contributed by atoms with Crippen LogP contribution in [-0.4, -0.2) is 36.9 Å². The molecule has 0 aliphatic rings. The number of aromatic nitrogens is 1. The molecule has 1 aromatic heterocycles. The van der Waals surface area contributed by atoms with E-state index in [2.05, 4.69) is 15.0 Å². The molecule has 0 bridgehead atoms. The fraction of sp³-hybridized carbons (Fsp3) is 0.333. The molecule has 0 fully saturated rings. The summed E-state index contributed by atoms with van der Waals surface area (Å²) in [5.41, 5.74) is 0. The molecular formula is C15H18ClN3O4S. The zero-order chi connectivity index (χ0) is 17.7. The number of sulfonamides is 1. The molecule has 0 atom stereocenters. The Hall–Kier alpha value is -1.90. The van der Waals surface area contributed by atoms with Gasteiger partial charge >= 0.3 is 0 Å². The van der Waals surface area contributed by atoms with Crippen LogP contribution >= 0.6 is 11.6 Å². The van der Waals surface area contributed by atoms with Crippen molar-refractivity contribution < 1.29 is 17.7 Å². The molecule has 0 saturated carbocycles. The average molecular weight is 372 g/mol. The maximum atomic E-state index is 12.8. The topological polar surface area (TPSA) is 92.5 Å². The van der Waals surface area contributed by atoms with E-state index in [1.165, 1.54) is 36.6 Å². The molecule has 1 heterocycles. The van der Waals surface area contributed by atoms with Crippen molar-refractivity contribution in [2.45, 2.75) is 18.7 Å². The minimum absolute atomic E-state index is 0.0481. The predicted octanol–water partition coefficient (Wildman–Crippen LogP) is 2.61. The Bertz CT molecular complexity index is 774. The number of nitrogens with zero attached hydrogens (tertiary/aromatic N) is 2. The van der Waals surface area contributed by atoms with Gasteiger partial charge in [-0.15, -0.1) is 0 Å². The number of halogens is 1. The fourth-order valence-corrected chi connectivity index (χ4v) is 3.72. The van der Waals surface area contributed by atoms with Gasteiger partial charge in [-0.2, -0.15) is 4.31 Å². The van der Waals surface area contributed by atoms with Crippen LogP contribution < -0.4 is 5.32 Å². The maximum absolute atomic E-state index is 12.8. The Morgan fingerprint density at radius 2 is 1.96 bits per heavy atom. The van der Waals surface area contributed by atoms with Gasteiger partial charge in [0.15, 0.2) is 5.82 Å². The summed E-state index contributed by atoms with van der Waals surface area (Å²) in [7, 11) is -3.82. The van der Waals surface area contributed by atoms with Gasteiger partial charge in [0.25, 0.3) is 0 Å². The van der Waals surface area contributed by atoms with E-state index in [-0.39, 0.29) is 29.7 Å². The number of benzene rings is 1. The summed E-state index contributed by atoms with van der Waals surface area (Å²) < 4.78 is 31.3. The summed E-state index contributed by atoms with van der Waals surface area (Å²) in [5, 5.41) is 6.49. The smallest absolute Gasteiger partial charge is 0.243 e. The SMILES string of the molecule is CC(C)CN(CC(=O)Nc1ccon1)S(=O)(=O)c1ccc(Cl)cc1. The second-order valence-electron chi connectivity index (χ2n) is 5.58. The zero-order valence-electron chi connectivity index (χ0n) is 13.3. The van der Waals surface area contributed by atoms with Gasteiger partial charge < -0.3 is 9.84 Å². The minimum Gasteiger partial charge on any atom is -0.363 e. The highest BCUT2D eigenvalue weighted by Crippen LogP contribution is 2.19. The van der Waals surface area contributed by atoms with Crippen molar-refractivity contribution >= 4 is 33.3 Å². The molecule has 0 aliphatic heterocycles. The van der Waals surface area contributed by atoms with Crippen LogP contribution in [0, 0.1) is 5.92 Å². The van der Waals surface area contributed by atoms with Crippen molar-refractivity contribution in [2.24, 2.45) is 5.92 Å². The van der Waals surface area contributed by atoms with Gasteiger partial charge in [0.2, 0.25) is 15.9 Å². The molecule has 9 heteroatoms. The lowest BCUT2D eigenvalue weighted by atomic mass is 10.2. The minimum atomic E-state index is -3.82. The van der Waals surface area contributed by atoms with Crippen LogP contribution in [0.15, 0.2) is 46.0 Å². The molecule has 0 unspecified atom stereocenters. The second-order valence-corrected chi connectivity index (χ2v) is 7.95. The molecule has 0 radical (unpaired) electrons. The largest absolute Gasteiger partial charge is 0.363 e. The first kappa shape index (κ1) is 18.4. The number of rotatable bonds is 7. The number of hydrogen-bond donors (Lipinski definition) is 1. The molecule has 0 saturated heterocycles. The van der Waals surface area contributed by atoms with E-state index in [4.69, 9.17) is 11.6 Å². The number of carbonyl (C=O) groups excluding carboxylic acids is 1. The van der Waals surface area contributed by atoms with Crippen LogP contribution in [0.3, 0.4) is 0 Å². The molecular weight excluding hydrogens is 354 g/mol. The summed E-state index contributed by atoms with van der Waals surface area (Å²) >= 11 is 5.80. The summed E-state index contributed by atoms with van der Waals surface area (Å²) in [5.74, 6) is -0.220. The molecule has 2 rings (SSSR count). The first-order valence-corrected chi connectivity index (χ1v) is 9.07. The summed E-state index contributed by atoms with van der Waals surface area (Å²) in [6.45, 7) is 3.63. The van der Waals surface area contributed by atoms with Crippen LogP contribution in [0.4, 0.5) is 5.82 Å². The Kier molecular flexibility index (Phi) is 5.98. The Morgan fingerprint density at radius 3 is 2.50 bits per heavy atom. The summed E-state index contributed by atoms with van der Waals surface area (Å²) in [4.78, 5) is 12.2. The van der Waals surface area contributed by atoms with Crippen LogP contribution in [0.5, 0.6) is 0 Å². The lowest BCUT2D eigenvalue weighted by molar-refractivity contribution is -0.116. The molecule has 0 aliphatic carbocycles. The van der Waals surface area contributed by atoms with Crippen molar-refractivity contribution in [1.29, 1.82) is 0 Å². The maximum Gasteiger partial charge on any atom is 0.243 e. The number of hydrogen-bond acceptors (Lipinski definition) is 5. The van der Waals surface area contributed by atoms with E-state index in [9.17, 15) is 13.2 Å². The lowest BCUT2D eigenvalue weighted by Crippen LogP contribution is -2.40. The van der Waals surface area contributed by atoms with Crippen molar-refractivity contribution in [1.82, 2.24) is 9.46 Å². The van der Waals surface area contributed by atoms with Gasteiger partial charge in [-0.1, -0.05) is 30.6 Å². The van der Waals surface area contributed by atoms with Gasteiger partial charge in [0, 0.05) is 17.6 Å².